The van der Waals surface area contributed by atoms with Gasteiger partial charge in [0.15, 0.2) is 5.03 Å². The highest BCUT2D eigenvalue weighted by atomic mass is 32.2. The van der Waals surface area contributed by atoms with Crippen LogP contribution in [0.15, 0.2) is 28.0 Å². The molecular formula is C13H20N4O2S2. The summed E-state index contributed by atoms with van der Waals surface area (Å²) in [5.74, 6) is 0. The topological polar surface area (TPSA) is 86.9 Å². The Kier molecular flexibility index (Phi) is 5.51. The maximum absolute atomic E-state index is 12.4. The van der Waals surface area contributed by atoms with E-state index in [1.54, 1.807) is 17.5 Å². The zero-order chi connectivity index (χ0) is 15.3. The lowest BCUT2D eigenvalue weighted by Gasteiger charge is -2.13. The minimum absolute atomic E-state index is 0.139. The average molecular weight is 328 g/mol. The van der Waals surface area contributed by atoms with Gasteiger partial charge in [0.05, 0.1) is 6.20 Å². The van der Waals surface area contributed by atoms with Crippen LogP contribution in [0.25, 0.3) is 0 Å². The summed E-state index contributed by atoms with van der Waals surface area (Å²) >= 11 is 1.61. The van der Waals surface area contributed by atoms with Crippen LogP contribution in [0.2, 0.25) is 0 Å². The van der Waals surface area contributed by atoms with Gasteiger partial charge in [-0.15, -0.1) is 0 Å². The summed E-state index contributed by atoms with van der Waals surface area (Å²) in [7, 11) is -3.59. The molecule has 0 aliphatic carbocycles. The Morgan fingerprint density at radius 2 is 2.29 bits per heavy atom. The van der Waals surface area contributed by atoms with Crippen molar-refractivity contribution < 1.29 is 8.42 Å². The third kappa shape index (κ3) is 4.37. The number of rotatable bonds is 8. The number of nitrogens with zero attached hydrogens (tertiary/aromatic N) is 1. The molecule has 2 heterocycles. The SMILES string of the molecule is CCNCc1cn[nH]c1S(=O)(=O)NC(C)Cc1ccsc1. The maximum atomic E-state index is 12.4. The van der Waals surface area contributed by atoms with Gasteiger partial charge in [-0.3, -0.25) is 5.10 Å². The molecule has 0 aromatic carbocycles. The number of hydrogen-bond acceptors (Lipinski definition) is 5. The predicted octanol–water partition coefficient (Wildman–Crippen LogP) is 1.49. The summed E-state index contributed by atoms with van der Waals surface area (Å²) in [5.41, 5.74) is 1.78. The van der Waals surface area contributed by atoms with Crippen molar-refractivity contribution in [1.82, 2.24) is 20.2 Å². The molecule has 2 aromatic rings. The molecule has 0 aliphatic rings. The van der Waals surface area contributed by atoms with Gasteiger partial charge in [-0.05, 0) is 42.3 Å². The number of aromatic nitrogens is 2. The predicted molar refractivity (Wildman–Crippen MR) is 83.8 cm³/mol. The van der Waals surface area contributed by atoms with Gasteiger partial charge in [0.25, 0.3) is 10.0 Å². The van der Waals surface area contributed by atoms with E-state index in [9.17, 15) is 8.42 Å². The van der Waals surface area contributed by atoms with Crippen molar-refractivity contribution in [3.8, 4) is 0 Å². The third-order valence-corrected chi connectivity index (χ3v) is 5.33. The van der Waals surface area contributed by atoms with Gasteiger partial charge in [-0.2, -0.15) is 16.4 Å². The first-order valence-corrected chi connectivity index (χ1v) is 9.22. The number of hydrogen-bond donors (Lipinski definition) is 3. The zero-order valence-electron chi connectivity index (χ0n) is 12.1. The Balaban J connectivity index is 2.05. The van der Waals surface area contributed by atoms with Gasteiger partial charge in [0, 0.05) is 18.2 Å². The van der Waals surface area contributed by atoms with E-state index in [1.807, 2.05) is 30.7 Å². The minimum atomic E-state index is -3.59. The van der Waals surface area contributed by atoms with Crippen molar-refractivity contribution in [2.24, 2.45) is 0 Å². The van der Waals surface area contributed by atoms with Crippen molar-refractivity contribution in [2.75, 3.05) is 6.54 Å². The molecule has 2 aromatic heterocycles. The molecule has 2 rings (SSSR count). The highest BCUT2D eigenvalue weighted by Gasteiger charge is 2.22. The highest BCUT2D eigenvalue weighted by Crippen LogP contribution is 2.14. The number of sulfonamides is 1. The molecule has 1 atom stereocenters. The Morgan fingerprint density at radius 3 is 2.95 bits per heavy atom. The molecule has 0 saturated heterocycles. The Bertz CT molecular complexity index is 650. The summed E-state index contributed by atoms with van der Waals surface area (Å²) in [5, 5.41) is 13.7. The molecule has 0 aliphatic heterocycles. The van der Waals surface area contributed by atoms with Crippen LogP contribution < -0.4 is 10.0 Å². The van der Waals surface area contributed by atoms with Crippen molar-refractivity contribution >= 4 is 21.4 Å². The first kappa shape index (κ1) is 16.2. The van der Waals surface area contributed by atoms with Gasteiger partial charge in [-0.1, -0.05) is 6.92 Å². The van der Waals surface area contributed by atoms with Crippen LogP contribution in [0.4, 0.5) is 0 Å². The summed E-state index contributed by atoms with van der Waals surface area (Å²) in [6, 6.07) is 1.82. The number of aromatic amines is 1. The Morgan fingerprint density at radius 1 is 1.48 bits per heavy atom. The lowest BCUT2D eigenvalue weighted by atomic mass is 10.1. The highest BCUT2D eigenvalue weighted by molar-refractivity contribution is 7.89. The van der Waals surface area contributed by atoms with E-state index in [-0.39, 0.29) is 11.1 Å². The molecule has 21 heavy (non-hydrogen) atoms. The molecule has 0 bridgehead atoms. The third-order valence-electron chi connectivity index (χ3n) is 2.99. The molecule has 116 valence electrons. The number of H-pyrrole nitrogens is 1. The van der Waals surface area contributed by atoms with E-state index in [0.717, 1.165) is 12.1 Å². The van der Waals surface area contributed by atoms with Crippen LogP contribution in [0.1, 0.15) is 25.0 Å². The number of thiophene rings is 1. The summed E-state index contributed by atoms with van der Waals surface area (Å²) in [6.45, 7) is 5.07. The molecule has 0 fully saturated rings. The fraction of sp³-hybridized carbons (Fsp3) is 0.462. The van der Waals surface area contributed by atoms with E-state index in [1.165, 1.54) is 0 Å². The fourth-order valence-corrected chi connectivity index (χ4v) is 4.10. The van der Waals surface area contributed by atoms with Gasteiger partial charge < -0.3 is 5.32 Å². The lowest BCUT2D eigenvalue weighted by Crippen LogP contribution is -2.35. The smallest absolute Gasteiger partial charge is 0.258 e. The molecule has 0 saturated carbocycles. The standard InChI is InChI=1S/C13H20N4O2S2/c1-3-14-7-12-8-15-16-13(12)21(18,19)17-10(2)6-11-4-5-20-9-11/h4-5,8-10,14,17H,3,6-7H2,1-2H3,(H,15,16). The van der Waals surface area contributed by atoms with Crippen LogP contribution in [0, 0.1) is 0 Å². The molecule has 0 amide bonds. The molecule has 0 radical (unpaired) electrons. The van der Waals surface area contributed by atoms with E-state index < -0.39 is 10.0 Å². The van der Waals surface area contributed by atoms with Gasteiger partial charge in [-0.25, -0.2) is 13.1 Å². The summed E-state index contributed by atoms with van der Waals surface area (Å²) in [6.07, 6.45) is 2.21. The monoisotopic (exact) mass is 328 g/mol. The second kappa shape index (κ2) is 7.17. The average Bonchev–Trinajstić information content (AvgIpc) is 3.06. The Hall–Kier alpha value is -1.22. The normalized spacial score (nSPS) is 13.4. The quantitative estimate of drug-likeness (QED) is 0.685. The number of nitrogens with one attached hydrogen (secondary N) is 3. The minimum Gasteiger partial charge on any atom is -0.313 e. The van der Waals surface area contributed by atoms with Crippen molar-refractivity contribution in [3.63, 3.8) is 0 Å². The van der Waals surface area contributed by atoms with Crippen LogP contribution >= 0.6 is 11.3 Å². The molecular weight excluding hydrogens is 308 g/mol. The van der Waals surface area contributed by atoms with Crippen LogP contribution in [0.3, 0.4) is 0 Å². The van der Waals surface area contributed by atoms with Gasteiger partial charge >= 0.3 is 0 Å². The van der Waals surface area contributed by atoms with E-state index >= 15 is 0 Å². The molecule has 8 heteroatoms. The van der Waals surface area contributed by atoms with E-state index in [4.69, 9.17) is 0 Å². The fourth-order valence-electron chi connectivity index (χ4n) is 2.05. The van der Waals surface area contributed by atoms with Gasteiger partial charge in [0.2, 0.25) is 0 Å². The Labute approximate surface area is 129 Å². The molecule has 6 nitrogen and oxygen atoms in total. The zero-order valence-corrected chi connectivity index (χ0v) is 13.7. The van der Waals surface area contributed by atoms with Crippen LogP contribution in [0.5, 0.6) is 0 Å². The summed E-state index contributed by atoms with van der Waals surface area (Å²) < 4.78 is 27.5. The van der Waals surface area contributed by atoms with E-state index in [0.29, 0.717) is 18.5 Å². The largest absolute Gasteiger partial charge is 0.313 e. The maximum Gasteiger partial charge on any atom is 0.258 e. The second-order valence-electron chi connectivity index (χ2n) is 4.86. The summed E-state index contributed by atoms with van der Waals surface area (Å²) in [4.78, 5) is 0. The molecule has 1 unspecified atom stereocenters. The van der Waals surface area contributed by atoms with Crippen molar-refractivity contribution in [3.05, 3.63) is 34.2 Å². The molecule has 0 spiro atoms. The van der Waals surface area contributed by atoms with Gasteiger partial charge in [0.1, 0.15) is 0 Å². The van der Waals surface area contributed by atoms with E-state index in [2.05, 4.69) is 20.2 Å². The second-order valence-corrected chi connectivity index (χ2v) is 7.29. The van der Waals surface area contributed by atoms with Crippen LogP contribution in [-0.2, 0) is 23.0 Å². The van der Waals surface area contributed by atoms with Crippen molar-refractivity contribution in [1.29, 1.82) is 0 Å². The first-order chi connectivity index (χ1) is 10.0. The first-order valence-electron chi connectivity index (χ1n) is 6.79. The van der Waals surface area contributed by atoms with Crippen molar-refractivity contribution in [2.45, 2.75) is 37.9 Å². The molecule has 3 N–H and O–H groups in total. The van der Waals surface area contributed by atoms with Crippen LogP contribution in [-0.4, -0.2) is 31.2 Å². The lowest BCUT2D eigenvalue weighted by molar-refractivity contribution is 0.553.